The van der Waals surface area contributed by atoms with Crippen molar-refractivity contribution in [1.29, 1.82) is 0 Å². The Morgan fingerprint density at radius 1 is 1.38 bits per heavy atom. The standard InChI is InChI=1S/C17H24Br2N2O4S/c1-17(2,3)25-16(22)21-8-7-14(20-26(23,24)11-18)15(21)10-12-5-4-6-13(19)9-12/h4-6,9,14-15,20H,7-8,10-11H2,1-3H3/t14-,15-/m0/s1. The molecule has 1 aliphatic rings. The summed E-state index contributed by atoms with van der Waals surface area (Å²) in [5, 5.41) is 0. The molecule has 0 aliphatic carbocycles. The largest absolute Gasteiger partial charge is 0.444 e. The molecule has 9 heteroatoms. The van der Waals surface area contributed by atoms with Crippen molar-refractivity contribution < 1.29 is 17.9 Å². The van der Waals surface area contributed by atoms with Crippen LogP contribution in [0.15, 0.2) is 28.7 Å². The van der Waals surface area contributed by atoms with E-state index in [1.807, 2.05) is 45.0 Å². The Kier molecular flexibility index (Phi) is 7.15. The van der Waals surface area contributed by atoms with Crippen LogP contribution in [0.4, 0.5) is 4.79 Å². The number of benzene rings is 1. The van der Waals surface area contributed by atoms with Crippen LogP contribution in [-0.4, -0.2) is 48.3 Å². The molecule has 1 aromatic rings. The first-order valence-electron chi connectivity index (χ1n) is 8.31. The van der Waals surface area contributed by atoms with Gasteiger partial charge in [-0.15, -0.1) is 0 Å². The fraction of sp³-hybridized carbons (Fsp3) is 0.588. The lowest BCUT2D eigenvalue weighted by Crippen LogP contribution is -2.49. The van der Waals surface area contributed by atoms with Crippen LogP contribution in [0.5, 0.6) is 0 Å². The number of likely N-dealkylation sites (tertiary alicyclic amines) is 1. The second-order valence-corrected chi connectivity index (χ2v) is 11.3. The van der Waals surface area contributed by atoms with Crippen LogP contribution >= 0.6 is 31.9 Å². The Hall–Kier alpha value is -0.640. The highest BCUT2D eigenvalue weighted by atomic mass is 79.9. The Morgan fingerprint density at radius 3 is 2.65 bits per heavy atom. The normalized spacial score (nSPS) is 21.0. The van der Waals surface area contributed by atoms with Crippen molar-refractivity contribution in [2.45, 2.75) is 51.3 Å². The van der Waals surface area contributed by atoms with Gasteiger partial charge in [0, 0.05) is 17.1 Å². The van der Waals surface area contributed by atoms with Crippen molar-refractivity contribution in [3.63, 3.8) is 0 Å². The summed E-state index contributed by atoms with van der Waals surface area (Å²) < 4.78 is 33.0. The lowest BCUT2D eigenvalue weighted by Gasteiger charge is -2.31. The Morgan fingerprint density at radius 2 is 2.08 bits per heavy atom. The molecule has 2 rings (SSSR count). The number of carbonyl (C=O) groups is 1. The topological polar surface area (TPSA) is 75.7 Å². The summed E-state index contributed by atoms with van der Waals surface area (Å²) in [5.41, 5.74) is 0.410. The smallest absolute Gasteiger partial charge is 0.410 e. The minimum atomic E-state index is -3.44. The number of carbonyl (C=O) groups excluding carboxylic acids is 1. The first-order valence-corrected chi connectivity index (χ1v) is 11.9. The summed E-state index contributed by atoms with van der Waals surface area (Å²) in [7, 11) is -3.44. The van der Waals surface area contributed by atoms with Gasteiger partial charge in [-0.1, -0.05) is 44.0 Å². The van der Waals surface area contributed by atoms with E-state index in [1.54, 1.807) is 4.90 Å². The molecule has 146 valence electrons. The van der Waals surface area contributed by atoms with Crippen LogP contribution < -0.4 is 4.72 Å². The van der Waals surface area contributed by atoms with Crippen LogP contribution in [0.3, 0.4) is 0 Å². The second kappa shape index (κ2) is 8.58. The maximum Gasteiger partial charge on any atom is 0.410 e. The van der Waals surface area contributed by atoms with Crippen molar-refractivity contribution in [1.82, 2.24) is 9.62 Å². The zero-order valence-electron chi connectivity index (χ0n) is 15.0. The monoisotopic (exact) mass is 510 g/mol. The van der Waals surface area contributed by atoms with Crippen LogP contribution in [0.2, 0.25) is 0 Å². The molecule has 1 saturated heterocycles. The molecule has 26 heavy (non-hydrogen) atoms. The fourth-order valence-corrected chi connectivity index (χ4v) is 4.60. The Labute approximate surface area is 172 Å². The number of hydrogen-bond acceptors (Lipinski definition) is 4. The summed E-state index contributed by atoms with van der Waals surface area (Å²) in [6.45, 7) is 5.89. The number of alkyl halides is 1. The molecule has 0 spiro atoms. The molecular formula is C17H24Br2N2O4S. The van der Waals surface area contributed by atoms with Gasteiger partial charge in [0.25, 0.3) is 0 Å². The molecule has 0 radical (unpaired) electrons. The van der Waals surface area contributed by atoms with Crippen LogP contribution in [-0.2, 0) is 21.2 Å². The molecule has 6 nitrogen and oxygen atoms in total. The highest BCUT2D eigenvalue weighted by Crippen LogP contribution is 2.26. The third kappa shape index (κ3) is 6.21. The summed E-state index contributed by atoms with van der Waals surface area (Å²) in [5.74, 6) is 0. The first-order chi connectivity index (χ1) is 12.0. The molecule has 1 aromatic carbocycles. The second-order valence-electron chi connectivity index (χ2n) is 7.31. The van der Waals surface area contributed by atoms with E-state index in [2.05, 4.69) is 36.6 Å². The third-order valence-electron chi connectivity index (χ3n) is 3.98. The van der Waals surface area contributed by atoms with Crippen LogP contribution in [0, 0.1) is 0 Å². The quantitative estimate of drug-likeness (QED) is 0.612. The minimum absolute atomic E-state index is 0.174. The lowest BCUT2D eigenvalue weighted by molar-refractivity contribution is 0.0218. The van der Waals surface area contributed by atoms with Gasteiger partial charge in [0.1, 0.15) is 10.3 Å². The number of hydrogen-bond donors (Lipinski definition) is 1. The zero-order chi connectivity index (χ0) is 19.5. The van der Waals surface area contributed by atoms with Crippen molar-refractivity contribution in [3.05, 3.63) is 34.3 Å². The number of sulfonamides is 1. The van der Waals surface area contributed by atoms with Gasteiger partial charge in [-0.25, -0.2) is 17.9 Å². The predicted octanol–water partition coefficient (Wildman–Crippen LogP) is 3.64. The van der Waals surface area contributed by atoms with Gasteiger partial charge in [-0.2, -0.15) is 0 Å². The summed E-state index contributed by atoms with van der Waals surface area (Å²) in [6, 6.07) is 7.11. The maximum absolute atomic E-state index is 12.6. The van der Waals surface area contributed by atoms with Gasteiger partial charge < -0.3 is 9.64 Å². The van der Waals surface area contributed by atoms with Crippen molar-refractivity contribution in [3.8, 4) is 0 Å². The van der Waals surface area contributed by atoms with Gasteiger partial charge in [0.05, 0.1) is 6.04 Å². The van der Waals surface area contributed by atoms with E-state index in [-0.39, 0.29) is 16.7 Å². The molecule has 0 aromatic heterocycles. The van der Waals surface area contributed by atoms with Gasteiger partial charge in [0.15, 0.2) is 0 Å². The van der Waals surface area contributed by atoms with E-state index in [9.17, 15) is 13.2 Å². The van der Waals surface area contributed by atoms with E-state index in [0.717, 1.165) is 10.0 Å². The van der Waals surface area contributed by atoms with E-state index < -0.39 is 21.7 Å². The van der Waals surface area contributed by atoms with Gasteiger partial charge >= 0.3 is 6.09 Å². The van der Waals surface area contributed by atoms with E-state index in [0.29, 0.717) is 19.4 Å². The van der Waals surface area contributed by atoms with Gasteiger partial charge in [-0.05, 0) is 51.3 Å². The van der Waals surface area contributed by atoms with E-state index in [1.165, 1.54) is 0 Å². The number of nitrogens with zero attached hydrogens (tertiary/aromatic N) is 1. The van der Waals surface area contributed by atoms with Gasteiger partial charge in [-0.3, -0.25) is 0 Å². The molecule has 1 heterocycles. The number of halogens is 2. The summed E-state index contributed by atoms with van der Waals surface area (Å²) in [4.78, 5) is 14.2. The van der Waals surface area contributed by atoms with Crippen molar-refractivity contribution in [2.75, 3.05) is 11.2 Å². The first kappa shape index (κ1) is 21.7. The number of rotatable bonds is 5. The average molecular weight is 512 g/mol. The van der Waals surface area contributed by atoms with Crippen molar-refractivity contribution >= 4 is 48.0 Å². The molecule has 1 N–H and O–H groups in total. The fourth-order valence-electron chi connectivity index (χ4n) is 2.96. The van der Waals surface area contributed by atoms with Crippen molar-refractivity contribution in [2.24, 2.45) is 0 Å². The molecule has 1 aliphatic heterocycles. The average Bonchev–Trinajstić information content (AvgIpc) is 2.88. The number of nitrogens with one attached hydrogen (secondary N) is 1. The summed E-state index contributed by atoms with van der Waals surface area (Å²) >= 11 is 6.44. The third-order valence-corrected chi connectivity index (χ3v) is 7.23. The molecule has 0 bridgehead atoms. The Balaban J connectivity index is 2.25. The molecule has 2 atom stereocenters. The number of amides is 1. The Bertz CT molecular complexity index is 749. The number of ether oxygens (including phenoxy) is 1. The molecule has 1 amide bonds. The minimum Gasteiger partial charge on any atom is -0.444 e. The summed E-state index contributed by atoms with van der Waals surface area (Å²) in [6.07, 6.45) is 0.663. The molecule has 0 saturated carbocycles. The van der Waals surface area contributed by atoms with E-state index in [4.69, 9.17) is 4.74 Å². The highest BCUT2D eigenvalue weighted by molar-refractivity contribution is 9.10. The van der Waals surface area contributed by atoms with Crippen LogP contribution in [0.25, 0.3) is 0 Å². The lowest BCUT2D eigenvalue weighted by atomic mass is 10.0. The van der Waals surface area contributed by atoms with Gasteiger partial charge in [0.2, 0.25) is 10.0 Å². The molecule has 1 fully saturated rings. The highest BCUT2D eigenvalue weighted by Gasteiger charge is 2.40. The molecule has 0 unspecified atom stereocenters. The predicted molar refractivity (Wildman–Crippen MR) is 109 cm³/mol. The zero-order valence-corrected chi connectivity index (χ0v) is 19.0. The van der Waals surface area contributed by atoms with E-state index >= 15 is 0 Å². The van der Waals surface area contributed by atoms with Crippen LogP contribution in [0.1, 0.15) is 32.8 Å². The maximum atomic E-state index is 12.6. The molecular weight excluding hydrogens is 488 g/mol. The SMILES string of the molecule is CC(C)(C)OC(=O)N1CC[C@H](NS(=O)(=O)CBr)[C@@H]1Cc1cccc(Br)c1.